The number of amides is 1. The SMILES string of the molecule is CC1CN(C(=O)O)CC(C)N1c1ccc(-c2cnc3c(Br)cnn3c2)cc1. The van der Waals surface area contributed by atoms with E-state index in [0.717, 1.165) is 26.9 Å². The van der Waals surface area contributed by atoms with E-state index in [1.807, 2.05) is 12.4 Å². The van der Waals surface area contributed by atoms with E-state index in [1.54, 1.807) is 10.7 Å². The number of halogens is 1. The van der Waals surface area contributed by atoms with Gasteiger partial charge in [-0.1, -0.05) is 12.1 Å². The highest BCUT2D eigenvalue weighted by atomic mass is 79.9. The third-order valence-corrected chi connectivity index (χ3v) is 5.56. The van der Waals surface area contributed by atoms with Crippen LogP contribution in [0.1, 0.15) is 13.8 Å². The van der Waals surface area contributed by atoms with Crippen molar-refractivity contribution in [2.45, 2.75) is 25.9 Å². The molecule has 1 saturated heterocycles. The molecular formula is C19H20BrN5O2. The predicted octanol–water partition coefficient (Wildman–Crippen LogP) is 3.74. The summed E-state index contributed by atoms with van der Waals surface area (Å²) in [5.74, 6) is 0. The molecule has 1 N–H and O–H groups in total. The Morgan fingerprint density at radius 1 is 1.11 bits per heavy atom. The first-order chi connectivity index (χ1) is 12.9. The van der Waals surface area contributed by atoms with Crippen LogP contribution in [0.2, 0.25) is 0 Å². The Morgan fingerprint density at radius 3 is 2.41 bits per heavy atom. The maximum Gasteiger partial charge on any atom is 0.407 e. The van der Waals surface area contributed by atoms with Crippen molar-refractivity contribution >= 4 is 33.4 Å². The van der Waals surface area contributed by atoms with Gasteiger partial charge in [-0.05, 0) is 47.5 Å². The van der Waals surface area contributed by atoms with E-state index in [0.29, 0.717) is 13.1 Å². The molecule has 1 aliphatic rings. The number of fused-ring (bicyclic) bond motifs is 1. The van der Waals surface area contributed by atoms with Gasteiger partial charge in [-0.2, -0.15) is 5.10 Å². The van der Waals surface area contributed by atoms with Crippen molar-refractivity contribution in [2.75, 3.05) is 18.0 Å². The van der Waals surface area contributed by atoms with E-state index in [1.165, 1.54) is 4.90 Å². The van der Waals surface area contributed by atoms with Gasteiger partial charge in [-0.3, -0.25) is 0 Å². The topological polar surface area (TPSA) is 74.0 Å². The van der Waals surface area contributed by atoms with Gasteiger partial charge in [0.15, 0.2) is 5.65 Å². The molecule has 0 radical (unpaired) electrons. The molecule has 8 heteroatoms. The molecule has 2 unspecified atom stereocenters. The lowest BCUT2D eigenvalue weighted by Gasteiger charge is -2.45. The van der Waals surface area contributed by atoms with Crippen LogP contribution in [0.25, 0.3) is 16.8 Å². The summed E-state index contributed by atoms with van der Waals surface area (Å²) in [5, 5.41) is 13.5. The van der Waals surface area contributed by atoms with Crippen LogP contribution >= 0.6 is 15.9 Å². The van der Waals surface area contributed by atoms with Crippen LogP contribution in [0.5, 0.6) is 0 Å². The molecule has 4 rings (SSSR count). The second-order valence-electron chi connectivity index (χ2n) is 6.94. The van der Waals surface area contributed by atoms with Crippen molar-refractivity contribution in [1.29, 1.82) is 0 Å². The Kier molecular flexibility index (Phi) is 4.51. The Morgan fingerprint density at radius 2 is 1.78 bits per heavy atom. The smallest absolute Gasteiger partial charge is 0.407 e. The van der Waals surface area contributed by atoms with Crippen LogP contribution in [0.4, 0.5) is 10.5 Å². The summed E-state index contributed by atoms with van der Waals surface area (Å²) in [6.07, 6.45) is 4.68. The van der Waals surface area contributed by atoms with Gasteiger partial charge in [0.25, 0.3) is 0 Å². The standard InChI is InChI=1S/C19H20BrN5O2/c1-12-9-23(19(26)27)10-13(2)25(12)16-5-3-14(4-6-16)15-7-21-18-17(20)8-22-24(18)11-15/h3-8,11-13H,9-10H2,1-2H3,(H,26,27). The van der Waals surface area contributed by atoms with Crippen LogP contribution in [0.15, 0.2) is 47.3 Å². The minimum atomic E-state index is -0.850. The van der Waals surface area contributed by atoms with Crippen molar-refractivity contribution in [3.8, 4) is 11.1 Å². The molecule has 0 spiro atoms. The van der Waals surface area contributed by atoms with Gasteiger partial charge in [0.05, 0.1) is 10.7 Å². The second kappa shape index (κ2) is 6.84. The number of benzene rings is 1. The van der Waals surface area contributed by atoms with E-state index < -0.39 is 6.09 Å². The van der Waals surface area contributed by atoms with Gasteiger partial charge in [0.2, 0.25) is 0 Å². The Hall–Kier alpha value is -2.61. The summed E-state index contributed by atoms with van der Waals surface area (Å²) >= 11 is 3.43. The van der Waals surface area contributed by atoms with Gasteiger partial charge in [-0.15, -0.1) is 0 Å². The maximum absolute atomic E-state index is 11.3. The van der Waals surface area contributed by atoms with E-state index in [-0.39, 0.29) is 12.1 Å². The van der Waals surface area contributed by atoms with Crippen LogP contribution in [-0.4, -0.2) is 55.9 Å². The Labute approximate surface area is 165 Å². The fourth-order valence-corrected chi connectivity index (χ4v) is 4.18. The van der Waals surface area contributed by atoms with Crippen molar-refractivity contribution in [1.82, 2.24) is 19.5 Å². The lowest BCUT2D eigenvalue weighted by Crippen LogP contribution is -2.58. The third-order valence-electron chi connectivity index (χ3n) is 5.00. The van der Waals surface area contributed by atoms with E-state index >= 15 is 0 Å². The molecule has 140 valence electrons. The molecule has 1 aliphatic heterocycles. The molecule has 7 nitrogen and oxygen atoms in total. The number of piperazine rings is 1. The third kappa shape index (κ3) is 3.25. The second-order valence-corrected chi connectivity index (χ2v) is 7.80. The quantitative estimate of drug-likeness (QED) is 0.671. The summed E-state index contributed by atoms with van der Waals surface area (Å²) < 4.78 is 2.62. The molecule has 2 aromatic heterocycles. The number of rotatable bonds is 2. The van der Waals surface area contributed by atoms with Gasteiger partial charge >= 0.3 is 6.09 Å². The average Bonchev–Trinajstić information content (AvgIpc) is 3.02. The molecule has 1 aromatic carbocycles. The van der Waals surface area contributed by atoms with Crippen molar-refractivity contribution in [3.63, 3.8) is 0 Å². The first-order valence-electron chi connectivity index (χ1n) is 8.79. The van der Waals surface area contributed by atoms with E-state index in [2.05, 4.69) is 69.0 Å². The highest BCUT2D eigenvalue weighted by Crippen LogP contribution is 2.28. The zero-order chi connectivity index (χ0) is 19.1. The van der Waals surface area contributed by atoms with E-state index in [9.17, 15) is 9.90 Å². The normalized spacial score (nSPS) is 20.3. The number of carboxylic acid groups (broad SMARTS) is 1. The zero-order valence-electron chi connectivity index (χ0n) is 15.1. The molecule has 2 atom stereocenters. The number of carbonyl (C=O) groups is 1. The Balaban J connectivity index is 1.58. The number of aromatic nitrogens is 3. The molecule has 0 saturated carbocycles. The van der Waals surface area contributed by atoms with Gasteiger partial charge in [-0.25, -0.2) is 14.3 Å². The fourth-order valence-electron chi connectivity index (χ4n) is 3.81. The maximum atomic E-state index is 11.3. The van der Waals surface area contributed by atoms with Crippen molar-refractivity contribution < 1.29 is 9.90 Å². The number of nitrogens with zero attached hydrogens (tertiary/aromatic N) is 5. The molecule has 27 heavy (non-hydrogen) atoms. The number of anilines is 1. The minimum Gasteiger partial charge on any atom is -0.465 e. The molecule has 3 aromatic rings. The molecule has 3 heterocycles. The summed E-state index contributed by atoms with van der Waals surface area (Å²) in [6, 6.07) is 8.55. The Bertz CT molecular complexity index is 975. The van der Waals surface area contributed by atoms with Crippen LogP contribution in [0, 0.1) is 0 Å². The first kappa shape index (κ1) is 17.8. The van der Waals surface area contributed by atoms with Gasteiger partial charge < -0.3 is 14.9 Å². The first-order valence-corrected chi connectivity index (χ1v) is 9.59. The summed E-state index contributed by atoms with van der Waals surface area (Å²) in [4.78, 5) is 19.5. The lowest BCUT2D eigenvalue weighted by atomic mass is 10.0. The van der Waals surface area contributed by atoms with Gasteiger partial charge in [0.1, 0.15) is 0 Å². The fraction of sp³-hybridized carbons (Fsp3) is 0.316. The van der Waals surface area contributed by atoms with Crippen LogP contribution in [0.3, 0.4) is 0 Å². The summed E-state index contributed by atoms with van der Waals surface area (Å²) in [7, 11) is 0. The lowest BCUT2D eigenvalue weighted by molar-refractivity contribution is 0.128. The highest BCUT2D eigenvalue weighted by Gasteiger charge is 2.31. The van der Waals surface area contributed by atoms with Crippen LogP contribution in [-0.2, 0) is 0 Å². The predicted molar refractivity (Wildman–Crippen MR) is 107 cm³/mol. The largest absolute Gasteiger partial charge is 0.465 e. The highest BCUT2D eigenvalue weighted by molar-refractivity contribution is 9.10. The van der Waals surface area contributed by atoms with Crippen LogP contribution < -0.4 is 4.90 Å². The van der Waals surface area contributed by atoms with E-state index in [4.69, 9.17) is 0 Å². The zero-order valence-corrected chi connectivity index (χ0v) is 16.7. The molecule has 0 bridgehead atoms. The average molecular weight is 430 g/mol. The molecule has 1 fully saturated rings. The van der Waals surface area contributed by atoms with Crippen molar-refractivity contribution in [2.24, 2.45) is 0 Å². The number of hydrogen-bond acceptors (Lipinski definition) is 4. The summed E-state index contributed by atoms with van der Waals surface area (Å²) in [6.45, 7) is 5.15. The van der Waals surface area contributed by atoms with Gasteiger partial charge in [0, 0.05) is 48.8 Å². The number of hydrogen-bond donors (Lipinski definition) is 1. The minimum absolute atomic E-state index is 0.121. The molecular weight excluding hydrogens is 410 g/mol. The molecule has 0 aliphatic carbocycles. The molecule has 1 amide bonds. The summed E-state index contributed by atoms with van der Waals surface area (Å²) in [5.41, 5.74) is 3.93. The monoisotopic (exact) mass is 429 g/mol. The van der Waals surface area contributed by atoms with Crippen molar-refractivity contribution in [3.05, 3.63) is 47.3 Å².